The number of rotatable bonds is 7. The van der Waals surface area contributed by atoms with Crippen LogP contribution in [-0.4, -0.2) is 19.6 Å². The van der Waals surface area contributed by atoms with E-state index in [0.717, 1.165) is 28.2 Å². The van der Waals surface area contributed by atoms with Crippen LogP contribution in [0.5, 0.6) is 0 Å². The molecule has 2 aromatic heterocycles. The standard InChI is InChI=1S/C27H20FN7/c1-18(14-19-6-10-22(28)11-7-19)31-23-12-8-20(9-13-23)25-17-35-26(16-30-25)33-27(34-35)32-24-5-3-2-4-21(24)15-29/h2-13,16-17,31H,1,14H2,(H,32,34). The van der Waals surface area contributed by atoms with Crippen molar-refractivity contribution in [3.63, 3.8) is 0 Å². The van der Waals surface area contributed by atoms with Crippen LogP contribution in [-0.2, 0) is 6.42 Å². The van der Waals surface area contributed by atoms with Gasteiger partial charge in [-0.3, -0.25) is 4.98 Å². The second-order valence-electron chi connectivity index (χ2n) is 7.90. The summed E-state index contributed by atoms with van der Waals surface area (Å²) in [6.07, 6.45) is 4.06. The number of allylic oxidation sites excluding steroid dienone is 1. The first-order valence-electron chi connectivity index (χ1n) is 10.9. The Kier molecular flexibility index (Phi) is 5.89. The SMILES string of the molecule is C=C(Cc1ccc(F)cc1)Nc1ccc(-c2cn3nc(Nc4ccccc4C#N)nc3cn2)cc1. The van der Waals surface area contributed by atoms with Crippen molar-refractivity contribution in [1.29, 1.82) is 5.26 Å². The minimum atomic E-state index is -0.252. The lowest BCUT2D eigenvalue weighted by Crippen LogP contribution is -2.01. The molecule has 2 heterocycles. The molecule has 0 unspecified atom stereocenters. The molecular weight excluding hydrogens is 441 g/mol. The predicted octanol–water partition coefficient (Wildman–Crippen LogP) is 5.71. The summed E-state index contributed by atoms with van der Waals surface area (Å²) in [6.45, 7) is 4.07. The molecule has 7 nitrogen and oxygen atoms in total. The molecule has 0 saturated carbocycles. The molecule has 8 heteroatoms. The monoisotopic (exact) mass is 461 g/mol. The van der Waals surface area contributed by atoms with Gasteiger partial charge in [-0.15, -0.1) is 5.10 Å². The van der Waals surface area contributed by atoms with Gasteiger partial charge in [0.25, 0.3) is 0 Å². The van der Waals surface area contributed by atoms with E-state index in [0.29, 0.717) is 29.3 Å². The molecule has 170 valence electrons. The van der Waals surface area contributed by atoms with Crippen molar-refractivity contribution in [2.45, 2.75) is 6.42 Å². The van der Waals surface area contributed by atoms with Crippen LogP contribution < -0.4 is 10.6 Å². The second kappa shape index (κ2) is 9.45. The molecule has 0 saturated heterocycles. The summed E-state index contributed by atoms with van der Waals surface area (Å²) >= 11 is 0. The number of hydrogen-bond donors (Lipinski definition) is 2. The fourth-order valence-electron chi connectivity index (χ4n) is 3.63. The summed E-state index contributed by atoms with van der Waals surface area (Å²) in [5.74, 6) is 0.128. The molecule has 0 spiro atoms. The lowest BCUT2D eigenvalue weighted by atomic mass is 10.1. The Morgan fingerprint density at radius 2 is 1.80 bits per heavy atom. The molecule has 0 aliphatic rings. The van der Waals surface area contributed by atoms with Crippen LogP contribution in [0.1, 0.15) is 11.1 Å². The molecule has 3 aromatic carbocycles. The maximum Gasteiger partial charge on any atom is 0.247 e. The van der Waals surface area contributed by atoms with Gasteiger partial charge >= 0.3 is 0 Å². The average molecular weight is 462 g/mol. The number of nitrogens with zero attached hydrogens (tertiary/aromatic N) is 5. The predicted molar refractivity (Wildman–Crippen MR) is 134 cm³/mol. The summed E-state index contributed by atoms with van der Waals surface area (Å²) in [6, 6.07) is 23.5. The molecule has 0 fully saturated rings. The largest absolute Gasteiger partial charge is 0.359 e. The fraction of sp³-hybridized carbons (Fsp3) is 0.0370. The Balaban J connectivity index is 1.29. The molecule has 35 heavy (non-hydrogen) atoms. The molecular formula is C27H20FN7. The van der Waals surface area contributed by atoms with Crippen LogP contribution in [0.15, 0.2) is 97.5 Å². The Morgan fingerprint density at radius 1 is 1.03 bits per heavy atom. The summed E-state index contributed by atoms with van der Waals surface area (Å²) < 4.78 is 14.7. The third-order valence-electron chi connectivity index (χ3n) is 5.35. The van der Waals surface area contributed by atoms with Crippen LogP contribution in [0.3, 0.4) is 0 Å². The normalized spacial score (nSPS) is 10.6. The van der Waals surface area contributed by atoms with E-state index in [-0.39, 0.29) is 5.82 Å². The Hall–Kier alpha value is -5.03. The number of nitrogens with one attached hydrogen (secondary N) is 2. The molecule has 0 atom stereocenters. The number of aromatic nitrogens is 4. The lowest BCUT2D eigenvalue weighted by molar-refractivity contribution is 0.627. The van der Waals surface area contributed by atoms with E-state index in [4.69, 9.17) is 0 Å². The van der Waals surface area contributed by atoms with Gasteiger partial charge in [0, 0.05) is 23.4 Å². The molecule has 5 rings (SSSR count). The molecule has 0 amide bonds. The van der Waals surface area contributed by atoms with E-state index >= 15 is 0 Å². The van der Waals surface area contributed by atoms with Gasteiger partial charge in [-0.05, 0) is 42.0 Å². The molecule has 0 aliphatic carbocycles. The van der Waals surface area contributed by atoms with Gasteiger partial charge in [-0.1, -0.05) is 43.0 Å². The Morgan fingerprint density at radius 3 is 2.57 bits per heavy atom. The van der Waals surface area contributed by atoms with E-state index in [9.17, 15) is 9.65 Å². The summed E-state index contributed by atoms with van der Waals surface area (Å²) in [4.78, 5) is 8.95. The van der Waals surface area contributed by atoms with E-state index < -0.39 is 0 Å². The number of halogens is 1. The highest BCUT2D eigenvalue weighted by Crippen LogP contribution is 2.22. The molecule has 0 aliphatic heterocycles. The maximum absolute atomic E-state index is 13.1. The van der Waals surface area contributed by atoms with E-state index in [1.54, 1.807) is 47.2 Å². The van der Waals surface area contributed by atoms with Crippen molar-refractivity contribution in [3.05, 3.63) is 114 Å². The zero-order valence-electron chi connectivity index (χ0n) is 18.6. The Bertz CT molecular complexity index is 1550. The number of anilines is 3. The topological polar surface area (TPSA) is 90.9 Å². The van der Waals surface area contributed by atoms with Crippen molar-refractivity contribution in [3.8, 4) is 17.3 Å². The highest BCUT2D eigenvalue weighted by molar-refractivity contribution is 5.66. The highest BCUT2D eigenvalue weighted by Gasteiger charge is 2.09. The number of hydrogen-bond acceptors (Lipinski definition) is 6. The summed E-state index contributed by atoms with van der Waals surface area (Å²) in [5, 5.41) is 20.1. The van der Waals surface area contributed by atoms with Gasteiger partial charge in [0.05, 0.1) is 29.3 Å². The van der Waals surface area contributed by atoms with E-state index in [2.05, 4.69) is 38.3 Å². The zero-order chi connectivity index (χ0) is 24.2. The number of nitriles is 1. The third-order valence-corrected chi connectivity index (χ3v) is 5.35. The lowest BCUT2D eigenvalue weighted by Gasteiger charge is -2.10. The fourth-order valence-corrected chi connectivity index (χ4v) is 3.63. The summed E-state index contributed by atoms with van der Waals surface area (Å²) in [7, 11) is 0. The van der Waals surface area contributed by atoms with Gasteiger partial charge in [-0.2, -0.15) is 10.2 Å². The zero-order valence-corrected chi connectivity index (χ0v) is 18.6. The average Bonchev–Trinajstić information content (AvgIpc) is 3.28. The van der Waals surface area contributed by atoms with Crippen LogP contribution in [0.25, 0.3) is 16.9 Å². The van der Waals surface area contributed by atoms with Gasteiger partial charge < -0.3 is 10.6 Å². The molecule has 0 bridgehead atoms. The van der Waals surface area contributed by atoms with Gasteiger partial charge in [0.1, 0.15) is 11.9 Å². The minimum Gasteiger partial charge on any atom is -0.359 e. The molecule has 5 aromatic rings. The highest BCUT2D eigenvalue weighted by atomic mass is 19.1. The van der Waals surface area contributed by atoms with Gasteiger partial charge in [0.15, 0.2) is 5.65 Å². The first kappa shape index (κ1) is 21.8. The van der Waals surface area contributed by atoms with Crippen molar-refractivity contribution in [2.24, 2.45) is 0 Å². The maximum atomic E-state index is 13.1. The quantitative estimate of drug-likeness (QED) is 0.322. The van der Waals surface area contributed by atoms with Crippen molar-refractivity contribution >= 4 is 23.0 Å². The molecule has 2 N–H and O–H groups in total. The second-order valence-corrected chi connectivity index (χ2v) is 7.90. The van der Waals surface area contributed by atoms with Crippen LogP contribution in [0.4, 0.5) is 21.7 Å². The van der Waals surface area contributed by atoms with Crippen molar-refractivity contribution < 1.29 is 4.39 Å². The van der Waals surface area contributed by atoms with Gasteiger partial charge in [-0.25, -0.2) is 8.91 Å². The van der Waals surface area contributed by atoms with Crippen LogP contribution >= 0.6 is 0 Å². The molecule has 0 radical (unpaired) electrons. The van der Waals surface area contributed by atoms with Gasteiger partial charge in [0.2, 0.25) is 5.95 Å². The number of benzene rings is 3. The first-order chi connectivity index (χ1) is 17.1. The number of fused-ring (bicyclic) bond motifs is 1. The summed E-state index contributed by atoms with van der Waals surface area (Å²) in [5.41, 5.74) is 6.08. The minimum absolute atomic E-state index is 0.252. The van der Waals surface area contributed by atoms with Crippen molar-refractivity contribution in [2.75, 3.05) is 10.6 Å². The Labute approximate surface area is 201 Å². The van der Waals surface area contributed by atoms with Crippen molar-refractivity contribution in [1.82, 2.24) is 19.6 Å². The van der Waals surface area contributed by atoms with E-state index in [1.807, 2.05) is 30.3 Å². The smallest absolute Gasteiger partial charge is 0.247 e. The first-order valence-corrected chi connectivity index (χ1v) is 10.9. The number of para-hydroxylation sites is 1. The van der Waals surface area contributed by atoms with E-state index in [1.165, 1.54) is 12.1 Å². The van der Waals surface area contributed by atoms with Crippen LogP contribution in [0.2, 0.25) is 0 Å². The van der Waals surface area contributed by atoms with Crippen LogP contribution in [0, 0.1) is 17.1 Å². The third kappa shape index (κ3) is 4.99.